The maximum Gasteiger partial charge on any atom is 0.260 e. The fourth-order valence-electron chi connectivity index (χ4n) is 3.47. The van der Waals surface area contributed by atoms with E-state index in [0.29, 0.717) is 54.7 Å². The highest BCUT2D eigenvalue weighted by Crippen LogP contribution is 2.33. The number of hydrogen-bond acceptors (Lipinski definition) is 5. The first kappa shape index (κ1) is 21.5. The van der Waals surface area contributed by atoms with Gasteiger partial charge in [0.1, 0.15) is 12.4 Å². The molecule has 0 saturated carbocycles. The van der Waals surface area contributed by atoms with Crippen molar-refractivity contribution < 1.29 is 23.8 Å². The highest BCUT2D eigenvalue weighted by Gasteiger charge is 2.28. The average molecular weight is 412 g/mol. The average Bonchev–Trinajstić information content (AvgIpc) is 3.17. The van der Waals surface area contributed by atoms with E-state index in [0.717, 1.165) is 6.42 Å². The van der Waals surface area contributed by atoms with Gasteiger partial charge in [-0.3, -0.25) is 14.5 Å². The Morgan fingerprint density at radius 1 is 1.03 bits per heavy atom. The summed E-state index contributed by atoms with van der Waals surface area (Å²) < 4.78 is 16.8. The van der Waals surface area contributed by atoms with Crippen LogP contribution in [0.2, 0.25) is 0 Å². The standard InChI is InChI=1S/C23H28N2O5/c1-4-29-20-13-12-17(15-21(20)30-5-2)23(27)25(16-24-14-8-11-22(24)26)18-9-6-7-10-19(18)28-3/h6-7,9-10,12-13,15H,4-5,8,11,14,16H2,1-3H3. The van der Waals surface area contributed by atoms with Gasteiger partial charge in [-0.25, -0.2) is 0 Å². The van der Waals surface area contributed by atoms with Gasteiger partial charge in [0.25, 0.3) is 5.91 Å². The fourth-order valence-corrected chi connectivity index (χ4v) is 3.47. The number of ether oxygens (including phenoxy) is 3. The molecule has 1 fully saturated rings. The minimum atomic E-state index is -0.247. The third kappa shape index (κ3) is 4.67. The van der Waals surface area contributed by atoms with Crippen LogP contribution in [0.5, 0.6) is 17.2 Å². The number of rotatable bonds is 9. The van der Waals surface area contributed by atoms with E-state index < -0.39 is 0 Å². The maximum atomic E-state index is 13.6. The number of anilines is 1. The highest BCUT2D eigenvalue weighted by atomic mass is 16.5. The summed E-state index contributed by atoms with van der Waals surface area (Å²) in [7, 11) is 1.56. The van der Waals surface area contributed by atoms with Gasteiger partial charge in [0, 0.05) is 18.5 Å². The van der Waals surface area contributed by atoms with Gasteiger partial charge in [-0.2, -0.15) is 0 Å². The van der Waals surface area contributed by atoms with Crippen molar-refractivity contribution in [1.29, 1.82) is 0 Å². The quantitative estimate of drug-likeness (QED) is 0.628. The molecular formula is C23H28N2O5. The molecule has 3 rings (SSSR count). The van der Waals surface area contributed by atoms with Crippen molar-refractivity contribution in [3.05, 3.63) is 48.0 Å². The van der Waals surface area contributed by atoms with Gasteiger partial charge in [-0.05, 0) is 50.6 Å². The molecule has 160 valence electrons. The van der Waals surface area contributed by atoms with Gasteiger partial charge in [0.15, 0.2) is 11.5 Å². The smallest absolute Gasteiger partial charge is 0.260 e. The van der Waals surface area contributed by atoms with Gasteiger partial charge in [0.2, 0.25) is 5.91 Å². The number of benzene rings is 2. The molecule has 7 nitrogen and oxygen atoms in total. The number of para-hydroxylation sites is 2. The molecule has 0 radical (unpaired) electrons. The van der Waals surface area contributed by atoms with Gasteiger partial charge in [-0.1, -0.05) is 12.1 Å². The van der Waals surface area contributed by atoms with Crippen LogP contribution in [0.4, 0.5) is 5.69 Å². The van der Waals surface area contributed by atoms with Crippen LogP contribution in [0.25, 0.3) is 0 Å². The van der Waals surface area contributed by atoms with E-state index in [-0.39, 0.29) is 18.5 Å². The third-order valence-electron chi connectivity index (χ3n) is 4.89. The molecule has 30 heavy (non-hydrogen) atoms. The summed E-state index contributed by atoms with van der Waals surface area (Å²) in [5.41, 5.74) is 1.05. The van der Waals surface area contributed by atoms with Crippen LogP contribution in [0.1, 0.15) is 37.0 Å². The van der Waals surface area contributed by atoms with E-state index in [1.165, 1.54) is 0 Å². The Labute approximate surface area is 177 Å². The number of methoxy groups -OCH3 is 1. The summed E-state index contributed by atoms with van der Waals surface area (Å²) in [5, 5.41) is 0. The molecule has 0 unspecified atom stereocenters. The van der Waals surface area contributed by atoms with Crippen molar-refractivity contribution in [2.75, 3.05) is 38.4 Å². The Morgan fingerprint density at radius 3 is 2.43 bits per heavy atom. The van der Waals surface area contributed by atoms with E-state index >= 15 is 0 Å². The predicted octanol–water partition coefficient (Wildman–Crippen LogP) is 3.72. The Balaban J connectivity index is 1.99. The second kappa shape index (κ2) is 10.0. The van der Waals surface area contributed by atoms with Crippen molar-refractivity contribution in [3.8, 4) is 17.2 Å². The number of carbonyl (C=O) groups excluding carboxylic acids is 2. The Morgan fingerprint density at radius 2 is 1.77 bits per heavy atom. The van der Waals surface area contributed by atoms with Gasteiger partial charge < -0.3 is 19.1 Å². The molecular weight excluding hydrogens is 384 g/mol. The van der Waals surface area contributed by atoms with E-state index in [2.05, 4.69) is 0 Å². The number of carbonyl (C=O) groups is 2. The van der Waals surface area contributed by atoms with Crippen LogP contribution in [0.15, 0.2) is 42.5 Å². The molecule has 1 saturated heterocycles. The van der Waals surface area contributed by atoms with Crippen molar-refractivity contribution in [2.45, 2.75) is 26.7 Å². The summed E-state index contributed by atoms with van der Waals surface area (Å²) in [4.78, 5) is 29.1. The molecule has 0 aliphatic carbocycles. The highest BCUT2D eigenvalue weighted by molar-refractivity contribution is 6.07. The molecule has 0 atom stereocenters. The van der Waals surface area contributed by atoms with Crippen molar-refractivity contribution >= 4 is 17.5 Å². The van der Waals surface area contributed by atoms with E-state index in [1.54, 1.807) is 41.2 Å². The summed E-state index contributed by atoms with van der Waals surface area (Å²) in [6.07, 6.45) is 1.30. The van der Waals surface area contributed by atoms with Crippen molar-refractivity contribution in [2.24, 2.45) is 0 Å². The normalized spacial score (nSPS) is 13.3. The fraction of sp³-hybridized carbons (Fsp3) is 0.391. The second-order valence-electron chi connectivity index (χ2n) is 6.83. The lowest BCUT2D eigenvalue weighted by molar-refractivity contribution is -0.127. The zero-order valence-corrected chi connectivity index (χ0v) is 17.7. The Bertz CT molecular complexity index is 899. The first-order chi connectivity index (χ1) is 14.6. The number of amides is 2. The molecule has 2 aromatic rings. The molecule has 0 aromatic heterocycles. The largest absolute Gasteiger partial charge is 0.495 e. The lowest BCUT2D eigenvalue weighted by Crippen LogP contribution is -2.42. The number of likely N-dealkylation sites (tertiary alicyclic amines) is 1. The van der Waals surface area contributed by atoms with Crippen LogP contribution in [0, 0.1) is 0 Å². The van der Waals surface area contributed by atoms with Crippen LogP contribution < -0.4 is 19.1 Å². The maximum absolute atomic E-state index is 13.6. The Kier molecular flexibility index (Phi) is 7.17. The summed E-state index contributed by atoms with van der Waals surface area (Å²) in [5.74, 6) is 1.47. The molecule has 1 aliphatic rings. The minimum Gasteiger partial charge on any atom is -0.495 e. The number of nitrogens with zero attached hydrogens (tertiary/aromatic N) is 2. The number of hydrogen-bond donors (Lipinski definition) is 0. The molecule has 1 aliphatic heterocycles. The molecule has 0 bridgehead atoms. The van der Waals surface area contributed by atoms with E-state index in [9.17, 15) is 9.59 Å². The van der Waals surface area contributed by atoms with Crippen molar-refractivity contribution in [3.63, 3.8) is 0 Å². The molecule has 0 N–H and O–H groups in total. The van der Waals surface area contributed by atoms with Gasteiger partial charge >= 0.3 is 0 Å². The molecule has 1 heterocycles. The van der Waals surface area contributed by atoms with Gasteiger partial charge in [0.05, 0.1) is 26.0 Å². The van der Waals surface area contributed by atoms with E-state index in [4.69, 9.17) is 14.2 Å². The van der Waals surface area contributed by atoms with Crippen LogP contribution in [-0.4, -0.2) is 50.3 Å². The first-order valence-corrected chi connectivity index (χ1v) is 10.2. The topological polar surface area (TPSA) is 68.3 Å². The third-order valence-corrected chi connectivity index (χ3v) is 4.89. The lowest BCUT2D eigenvalue weighted by atomic mass is 10.1. The molecule has 7 heteroatoms. The summed E-state index contributed by atoms with van der Waals surface area (Å²) in [6.45, 7) is 5.52. The summed E-state index contributed by atoms with van der Waals surface area (Å²) in [6, 6.07) is 12.4. The van der Waals surface area contributed by atoms with Crippen LogP contribution >= 0.6 is 0 Å². The zero-order chi connectivity index (χ0) is 21.5. The second-order valence-corrected chi connectivity index (χ2v) is 6.83. The lowest BCUT2D eigenvalue weighted by Gasteiger charge is -2.29. The molecule has 2 amide bonds. The molecule has 2 aromatic carbocycles. The monoisotopic (exact) mass is 412 g/mol. The molecule has 0 spiro atoms. The SMILES string of the molecule is CCOc1ccc(C(=O)N(CN2CCCC2=O)c2ccccc2OC)cc1OCC. The van der Waals surface area contributed by atoms with E-state index in [1.807, 2.05) is 32.0 Å². The predicted molar refractivity (Wildman–Crippen MR) is 114 cm³/mol. The van der Waals surface area contributed by atoms with Gasteiger partial charge in [-0.15, -0.1) is 0 Å². The van der Waals surface area contributed by atoms with Crippen LogP contribution in [-0.2, 0) is 4.79 Å². The Hall–Kier alpha value is -3.22. The minimum absolute atomic E-state index is 0.0457. The zero-order valence-electron chi connectivity index (χ0n) is 17.7. The summed E-state index contributed by atoms with van der Waals surface area (Å²) >= 11 is 0. The first-order valence-electron chi connectivity index (χ1n) is 10.2. The van der Waals surface area contributed by atoms with Crippen molar-refractivity contribution in [1.82, 2.24) is 4.90 Å². The van der Waals surface area contributed by atoms with Crippen LogP contribution in [0.3, 0.4) is 0 Å².